The van der Waals surface area contributed by atoms with Crippen LogP contribution in [0.2, 0.25) is 0 Å². The summed E-state index contributed by atoms with van der Waals surface area (Å²) < 4.78 is 26.5. The predicted octanol–water partition coefficient (Wildman–Crippen LogP) is 0.795. The molecule has 0 fully saturated rings. The number of amides is 1. The highest BCUT2D eigenvalue weighted by Gasteiger charge is 2.29. The molecule has 1 atom stereocenters. The van der Waals surface area contributed by atoms with E-state index in [1.54, 1.807) is 36.5 Å². The second-order valence-corrected chi connectivity index (χ2v) is 7.80. The summed E-state index contributed by atoms with van der Waals surface area (Å²) in [5.74, 6) is -0.440. The zero-order chi connectivity index (χ0) is 17.3. The topological polar surface area (TPSA) is 104 Å². The quantitative estimate of drug-likeness (QED) is 0.836. The first kappa shape index (κ1) is 16.7. The lowest BCUT2D eigenvalue weighted by Gasteiger charge is -2.23. The molecule has 128 valence electrons. The predicted molar refractivity (Wildman–Crippen MR) is 87.5 cm³/mol. The van der Waals surface area contributed by atoms with E-state index >= 15 is 0 Å². The molecule has 7 nitrogen and oxygen atoms in total. The number of benzene rings is 1. The molecule has 2 aliphatic heterocycles. The molecule has 0 saturated heterocycles. The van der Waals surface area contributed by atoms with E-state index in [0.29, 0.717) is 12.1 Å². The maximum absolute atomic E-state index is 12.6. The van der Waals surface area contributed by atoms with Crippen molar-refractivity contribution in [3.63, 3.8) is 0 Å². The van der Waals surface area contributed by atoms with Crippen LogP contribution in [-0.4, -0.2) is 48.5 Å². The standard InChI is InChI=1S/C16H19N3O4S/c17-16(20)14-7-10-19(11-14)24(22,23)15-3-1-12(2-4-15)13-5-8-18(21)9-6-13/h1-5,7-8,13,21H,6,9-11H2,(H2,17,20). The first-order valence-electron chi connectivity index (χ1n) is 7.61. The molecule has 0 radical (unpaired) electrons. The summed E-state index contributed by atoms with van der Waals surface area (Å²) in [6.07, 6.45) is 5.80. The molecule has 0 spiro atoms. The van der Waals surface area contributed by atoms with Crippen molar-refractivity contribution >= 4 is 15.9 Å². The summed E-state index contributed by atoms with van der Waals surface area (Å²) in [5.41, 5.74) is 6.51. The molecule has 2 heterocycles. The molecule has 1 unspecified atom stereocenters. The molecule has 3 N–H and O–H groups in total. The van der Waals surface area contributed by atoms with Gasteiger partial charge in [-0.15, -0.1) is 0 Å². The van der Waals surface area contributed by atoms with E-state index in [-0.39, 0.29) is 23.9 Å². The van der Waals surface area contributed by atoms with Crippen molar-refractivity contribution < 1.29 is 18.4 Å². The third-order valence-corrected chi connectivity index (χ3v) is 6.14. The van der Waals surface area contributed by atoms with Crippen molar-refractivity contribution in [1.29, 1.82) is 0 Å². The summed E-state index contributed by atoms with van der Waals surface area (Å²) in [6.45, 7) is 0.702. The monoisotopic (exact) mass is 349 g/mol. The molecule has 1 amide bonds. The van der Waals surface area contributed by atoms with Crippen LogP contribution in [0.1, 0.15) is 17.9 Å². The minimum Gasteiger partial charge on any atom is -0.366 e. The Morgan fingerprint density at radius 1 is 1.25 bits per heavy atom. The lowest BCUT2D eigenvalue weighted by atomic mass is 9.94. The highest BCUT2D eigenvalue weighted by atomic mass is 32.2. The lowest BCUT2D eigenvalue weighted by Crippen LogP contribution is -2.30. The molecule has 24 heavy (non-hydrogen) atoms. The highest BCUT2D eigenvalue weighted by Crippen LogP contribution is 2.27. The van der Waals surface area contributed by atoms with Gasteiger partial charge < -0.3 is 5.73 Å². The van der Waals surface area contributed by atoms with Crippen LogP contribution in [0.25, 0.3) is 0 Å². The molecule has 1 aromatic rings. The normalized spacial score (nSPS) is 21.8. The Labute approximate surface area is 140 Å². The fourth-order valence-corrected chi connectivity index (χ4v) is 4.21. The van der Waals surface area contributed by atoms with Crippen LogP contribution in [0, 0.1) is 0 Å². The molecular weight excluding hydrogens is 330 g/mol. The van der Waals surface area contributed by atoms with Crippen LogP contribution in [0.15, 0.2) is 53.1 Å². The van der Waals surface area contributed by atoms with Gasteiger partial charge in [-0.3, -0.25) is 15.1 Å². The summed E-state index contributed by atoms with van der Waals surface area (Å²) in [7, 11) is -3.65. The molecule has 0 saturated carbocycles. The van der Waals surface area contributed by atoms with E-state index in [0.717, 1.165) is 17.0 Å². The summed E-state index contributed by atoms with van der Waals surface area (Å²) in [6, 6.07) is 6.72. The number of carbonyl (C=O) groups excluding carboxylic acids is 1. The number of allylic oxidation sites excluding steroid dienone is 1. The second-order valence-electron chi connectivity index (χ2n) is 5.86. The number of nitrogens with zero attached hydrogens (tertiary/aromatic N) is 2. The zero-order valence-electron chi connectivity index (χ0n) is 13.0. The summed E-state index contributed by atoms with van der Waals surface area (Å²) >= 11 is 0. The van der Waals surface area contributed by atoms with E-state index in [2.05, 4.69) is 0 Å². The number of hydrogen-bond acceptors (Lipinski definition) is 5. The van der Waals surface area contributed by atoms with E-state index in [9.17, 15) is 18.4 Å². The highest BCUT2D eigenvalue weighted by molar-refractivity contribution is 7.89. The van der Waals surface area contributed by atoms with Gasteiger partial charge in [0.25, 0.3) is 0 Å². The molecule has 2 aliphatic rings. The van der Waals surface area contributed by atoms with E-state index in [1.807, 2.05) is 6.08 Å². The summed E-state index contributed by atoms with van der Waals surface area (Å²) in [5, 5.41) is 10.5. The second kappa shape index (κ2) is 6.39. The smallest absolute Gasteiger partial charge is 0.245 e. The molecule has 0 bridgehead atoms. The van der Waals surface area contributed by atoms with Crippen LogP contribution >= 0.6 is 0 Å². The van der Waals surface area contributed by atoms with Gasteiger partial charge in [-0.25, -0.2) is 8.42 Å². The number of primary amides is 1. The first-order chi connectivity index (χ1) is 11.4. The van der Waals surface area contributed by atoms with Gasteiger partial charge in [0.15, 0.2) is 0 Å². The van der Waals surface area contributed by atoms with Gasteiger partial charge in [0.1, 0.15) is 0 Å². The maximum Gasteiger partial charge on any atom is 0.245 e. The number of hydroxylamine groups is 2. The van der Waals surface area contributed by atoms with Gasteiger partial charge in [-0.2, -0.15) is 4.31 Å². The Kier molecular flexibility index (Phi) is 4.44. The van der Waals surface area contributed by atoms with E-state index in [4.69, 9.17) is 5.73 Å². The fourth-order valence-electron chi connectivity index (χ4n) is 2.85. The van der Waals surface area contributed by atoms with Crippen molar-refractivity contribution in [2.75, 3.05) is 19.6 Å². The van der Waals surface area contributed by atoms with Gasteiger partial charge in [0.05, 0.1) is 4.90 Å². The van der Waals surface area contributed by atoms with Gasteiger partial charge in [0.2, 0.25) is 15.9 Å². The van der Waals surface area contributed by atoms with Crippen molar-refractivity contribution in [2.24, 2.45) is 5.73 Å². The number of rotatable bonds is 4. The van der Waals surface area contributed by atoms with Crippen molar-refractivity contribution in [3.8, 4) is 0 Å². The van der Waals surface area contributed by atoms with Crippen molar-refractivity contribution in [2.45, 2.75) is 17.2 Å². The van der Waals surface area contributed by atoms with E-state index in [1.165, 1.54) is 4.31 Å². The Morgan fingerprint density at radius 2 is 1.96 bits per heavy atom. The number of sulfonamides is 1. The Morgan fingerprint density at radius 3 is 2.50 bits per heavy atom. The third kappa shape index (κ3) is 3.21. The Hall–Kier alpha value is -2.16. The van der Waals surface area contributed by atoms with Crippen molar-refractivity contribution in [3.05, 3.63) is 53.8 Å². The molecule has 0 aromatic heterocycles. The minimum atomic E-state index is -3.65. The van der Waals surface area contributed by atoms with Gasteiger partial charge >= 0.3 is 0 Å². The largest absolute Gasteiger partial charge is 0.366 e. The Balaban J connectivity index is 1.76. The van der Waals surface area contributed by atoms with Gasteiger partial charge in [-0.1, -0.05) is 24.3 Å². The number of nitrogens with two attached hydrogens (primary N) is 1. The maximum atomic E-state index is 12.6. The molecular formula is C16H19N3O4S. The van der Waals surface area contributed by atoms with Gasteiger partial charge in [-0.05, 0) is 24.1 Å². The summed E-state index contributed by atoms with van der Waals surface area (Å²) in [4.78, 5) is 11.3. The van der Waals surface area contributed by atoms with Gasteiger partial charge in [0, 0.05) is 37.3 Å². The zero-order valence-corrected chi connectivity index (χ0v) is 13.8. The fraction of sp³-hybridized carbons (Fsp3) is 0.312. The minimum absolute atomic E-state index is 0.0110. The average Bonchev–Trinajstić information content (AvgIpc) is 3.07. The molecule has 3 rings (SSSR count). The number of carbonyl (C=O) groups is 1. The Bertz CT molecular complexity index is 799. The third-order valence-electron chi connectivity index (χ3n) is 4.31. The van der Waals surface area contributed by atoms with E-state index < -0.39 is 15.9 Å². The van der Waals surface area contributed by atoms with Crippen LogP contribution in [0.5, 0.6) is 0 Å². The average molecular weight is 349 g/mol. The molecule has 8 heteroatoms. The van der Waals surface area contributed by atoms with Crippen LogP contribution < -0.4 is 5.73 Å². The first-order valence-corrected chi connectivity index (χ1v) is 9.05. The lowest BCUT2D eigenvalue weighted by molar-refractivity contribution is -0.114. The van der Waals surface area contributed by atoms with Crippen molar-refractivity contribution in [1.82, 2.24) is 9.37 Å². The van der Waals surface area contributed by atoms with Crippen LogP contribution in [0.3, 0.4) is 0 Å². The number of hydrogen-bond donors (Lipinski definition) is 2. The SMILES string of the molecule is NC(=O)C1=CCN(S(=O)(=O)c2ccc(C3C=CN(O)CC3)cc2)C1. The molecule has 0 aliphatic carbocycles. The van der Waals surface area contributed by atoms with Crippen LogP contribution in [-0.2, 0) is 14.8 Å². The molecule has 1 aromatic carbocycles. The van der Waals surface area contributed by atoms with Crippen LogP contribution in [0.4, 0.5) is 0 Å².